The predicted molar refractivity (Wildman–Crippen MR) is 120 cm³/mol. The van der Waals surface area contributed by atoms with Crippen molar-refractivity contribution < 1.29 is 0 Å². The topological polar surface area (TPSA) is 28.2 Å². The van der Waals surface area contributed by atoms with Gasteiger partial charge in [0.2, 0.25) is 0 Å². The van der Waals surface area contributed by atoms with Crippen LogP contribution in [0.4, 0.5) is 0 Å². The Bertz CT molecular complexity index is 633. The third-order valence-corrected chi connectivity index (χ3v) is 5.60. The van der Waals surface area contributed by atoms with Crippen molar-refractivity contribution in [1.29, 1.82) is 0 Å². The molecule has 1 aromatic heterocycles. The highest BCUT2D eigenvalue weighted by Gasteiger charge is 2.29. The number of nitrogens with one attached hydrogen (secondary N) is 1. The van der Waals surface area contributed by atoms with Gasteiger partial charge in [0.25, 0.3) is 0 Å². The first-order chi connectivity index (χ1) is 13.5. The normalized spacial score (nSPS) is 16.1. The van der Waals surface area contributed by atoms with Crippen LogP contribution >= 0.6 is 0 Å². The molecule has 28 heavy (non-hydrogen) atoms. The van der Waals surface area contributed by atoms with Crippen molar-refractivity contribution in [3.05, 3.63) is 66.0 Å². The van der Waals surface area contributed by atoms with E-state index in [-0.39, 0.29) is 0 Å². The third-order valence-electron chi connectivity index (χ3n) is 5.60. The molecule has 2 heterocycles. The van der Waals surface area contributed by atoms with Gasteiger partial charge < -0.3 is 5.32 Å². The van der Waals surface area contributed by atoms with Gasteiger partial charge in [-0.3, -0.25) is 9.88 Å². The molecule has 1 unspecified atom stereocenters. The van der Waals surface area contributed by atoms with E-state index >= 15 is 0 Å². The summed E-state index contributed by atoms with van der Waals surface area (Å²) in [7, 11) is 0. The van der Waals surface area contributed by atoms with Crippen molar-refractivity contribution in [1.82, 2.24) is 15.2 Å². The van der Waals surface area contributed by atoms with E-state index in [1.807, 2.05) is 24.4 Å². The maximum Gasteiger partial charge on any atom is 0.0400 e. The molecule has 1 fully saturated rings. The minimum Gasteiger partial charge on any atom is -0.310 e. The summed E-state index contributed by atoms with van der Waals surface area (Å²) in [6.45, 7) is 12.7. The Morgan fingerprint density at radius 1 is 1.00 bits per heavy atom. The fraction of sp³-hybridized carbons (Fsp3) is 0.560. The molecule has 0 saturated carbocycles. The van der Waals surface area contributed by atoms with Gasteiger partial charge >= 0.3 is 0 Å². The Kier molecular flexibility index (Phi) is 9.66. The summed E-state index contributed by atoms with van der Waals surface area (Å²) >= 11 is 0. The van der Waals surface area contributed by atoms with Crippen LogP contribution in [0.15, 0.2) is 54.7 Å². The maximum atomic E-state index is 4.10. The SMILES string of the molecule is CC(CC(C)(C)N1CCCCC1)NCc1ccccc1.CCc1ccccn1. The van der Waals surface area contributed by atoms with Crippen LogP contribution in [0.25, 0.3) is 0 Å². The smallest absolute Gasteiger partial charge is 0.0400 e. The first-order valence-electron chi connectivity index (χ1n) is 10.9. The second-order valence-corrected chi connectivity index (χ2v) is 8.51. The molecule has 0 radical (unpaired) electrons. The second kappa shape index (κ2) is 12.0. The van der Waals surface area contributed by atoms with E-state index in [1.165, 1.54) is 44.3 Å². The van der Waals surface area contributed by atoms with E-state index < -0.39 is 0 Å². The first-order valence-corrected chi connectivity index (χ1v) is 10.9. The largest absolute Gasteiger partial charge is 0.310 e. The molecule has 1 aliphatic heterocycles. The van der Waals surface area contributed by atoms with Crippen LogP contribution in [0.2, 0.25) is 0 Å². The molecule has 1 saturated heterocycles. The number of nitrogens with zero attached hydrogens (tertiary/aromatic N) is 2. The molecular formula is C25H39N3. The molecule has 3 rings (SSSR count). The van der Waals surface area contributed by atoms with E-state index in [4.69, 9.17) is 0 Å². The van der Waals surface area contributed by atoms with Gasteiger partial charge in [-0.2, -0.15) is 0 Å². The highest BCUT2D eigenvalue weighted by molar-refractivity contribution is 5.14. The molecule has 0 amide bonds. The summed E-state index contributed by atoms with van der Waals surface area (Å²) in [6.07, 6.45) is 8.21. The Balaban J connectivity index is 0.000000292. The summed E-state index contributed by atoms with van der Waals surface area (Å²) < 4.78 is 0. The number of aryl methyl sites for hydroxylation is 1. The van der Waals surface area contributed by atoms with Crippen LogP contribution in [0.3, 0.4) is 0 Å². The summed E-state index contributed by atoms with van der Waals surface area (Å²) in [5.41, 5.74) is 2.84. The predicted octanol–water partition coefficient (Wildman–Crippen LogP) is 5.46. The Morgan fingerprint density at radius 2 is 1.68 bits per heavy atom. The maximum absolute atomic E-state index is 4.10. The summed E-state index contributed by atoms with van der Waals surface area (Å²) in [5, 5.41) is 3.67. The van der Waals surface area contributed by atoms with Gasteiger partial charge in [0, 0.05) is 30.0 Å². The molecular weight excluding hydrogens is 342 g/mol. The fourth-order valence-corrected chi connectivity index (χ4v) is 3.95. The average Bonchev–Trinajstić information content (AvgIpc) is 2.74. The zero-order chi connectivity index (χ0) is 20.2. The molecule has 3 heteroatoms. The van der Waals surface area contributed by atoms with Gasteiger partial charge in [-0.1, -0.05) is 49.7 Å². The van der Waals surface area contributed by atoms with Crippen molar-refractivity contribution in [2.24, 2.45) is 0 Å². The quantitative estimate of drug-likeness (QED) is 0.690. The number of aromatic nitrogens is 1. The molecule has 1 aliphatic rings. The standard InChI is InChI=1S/C18H30N2.C7H9N/c1-16(19-15-17-10-6-4-7-11-17)14-18(2,3)20-12-8-5-9-13-20;1-2-7-5-3-4-6-8-7/h4,6-7,10-11,16,19H,5,8-9,12-15H2,1-3H3;3-6H,2H2,1H3. The van der Waals surface area contributed by atoms with E-state index in [2.05, 4.69) is 73.2 Å². The van der Waals surface area contributed by atoms with Gasteiger partial charge in [0.15, 0.2) is 0 Å². The summed E-state index contributed by atoms with van der Waals surface area (Å²) in [5.74, 6) is 0. The monoisotopic (exact) mass is 381 g/mol. The average molecular weight is 382 g/mol. The molecule has 2 aromatic rings. The number of likely N-dealkylation sites (tertiary alicyclic amines) is 1. The Hall–Kier alpha value is -1.71. The van der Waals surface area contributed by atoms with Crippen LogP contribution in [-0.4, -0.2) is 34.6 Å². The Labute approximate surface area is 172 Å². The third kappa shape index (κ3) is 8.12. The van der Waals surface area contributed by atoms with Crippen LogP contribution in [0, 0.1) is 0 Å². The zero-order valence-corrected chi connectivity index (χ0v) is 18.3. The van der Waals surface area contributed by atoms with Crippen molar-refractivity contribution in [3.63, 3.8) is 0 Å². The van der Waals surface area contributed by atoms with Crippen molar-refractivity contribution in [2.75, 3.05) is 13.1 Å². The van der Waals surface area contributed by atoms with Gasteiger partial charge in [-0.25, -0.2) is 0 Å². The zero-order valence-electron chi connectivity index (χ0n) is 18.3. The van der Waals surface area contributed by atoms with E-state index in [0.717, 1.165) is 18.7 Å². The molecule has 0 spiro atoms. The lowest BCUT2D eigenvalue weighted by atomic mass is 9.91. The van der Waals surface area contributed by atoms with Crippen LogP contribution in [0.5, 0.6) is 0 Å². The fourth-order valence-electron chi connectivity index (χ4n) is 3.95. The summed E-state index contributed by atoms with van der Waals surface area (Å²) in [4.78, 5) is 6.77. The van der Waals surface area contributed by atoms with Crippen molar-refractivity contribution in [2.45, 2.75) is 77.9 Å². The van der Waals surface area contributed by atoms with Crippen molar-refractivity contribution >= 4 is 0 Å². The van der Waals surface area contributed by atoms with Gasteiger partial charge in [-0.05, 0) is 77.2 Å². The number of hydrogen-bond donors (Lipinski definition) is 1. The first kappa shape index (κ1) is 22.6. The van der Waals surface area contributed by atoms with Crippen LogP contribution in [-0.2, 0) is 13.0 Å². The van der Waals surface area contributed by atoms with Gasteiger partial charge in [0.1, 0.15) is 0 Å². The lowest BCUT2D eigenvalue weighted by Crippen LogP contribution is -2.49. The molecule has 3 nitrogen and oxygen atoms in total. The van der Waals surface area contributed by atoms with E-state index in [0.29, 0.717) is 11.6 Å². The lowest BCUT2D eigenvalue weighted by molar-refractivity contribution is 0.0798. The minimum atomic E-state index is 0.309. The molecule has 1 aromatic carbocycles. The molecule has 1 atom stereocenters. The lowest BCUT2D eigenvalue weighted by Gasteiger charge is -2.42. The molecule has 0 aliphatic carbocycles. The van der Waals surface area contributed by atoms with E-state index in [9.17, 15) is 0 Å². The van der Waals surface area contributed by atoms with Crippen molar-refractivity contribution in [3.8, 4) is 0 Å². The number of pyridine rings is 1. The summed E-state index contributed by atoms with van der Waals surface area (Å²) in [6, 6.07) is 17.2. The number of hydrogen-bond acceptors (Lipinski definition) is 3. The molecule has 0 bridgehead atoms. The second-order valence-electron chi connectivity index (χ2n) is 8.51. The number of rotatable bonds is 7. The molecule has 154 valence electrons. The minimum absolute atomic E-state index is 0.309. The Morgan fingerprint density at radius 3 is 2.25 bits per heavy atom. The van der Waals surface area contributed by atoms with Gasteiger partial charge in [0.05, 0.1) is 0 Å². The highest BCUT2D eigenvalue weighted by atomic mass is 15.2. The number of piperidine rings is 1. The van der Waals surface area contributed by atoms with E-state index in [1.54, 1.807) is 0 Å². The number of benzene rings is 1. The highest BCUT2D eigenvalue weighted by Crippen LogP contribution is 2.25. The molecule has 1 N–H and O–H groups in total. The van der Waals surface area contributed by atoms with Gasteiger partial charge in [-0.15, -0.1) is 0 Å². The van der Waals surface area contributed by atoms with Crippen LogP contribution < -0.4 is 5.32 Å². The van der Waals surface area contributed by atoms with Crippen LogP contribution in [0.1, 0.15) is 64.6 Å².